The van der Waals surface area contributed by atoms with E-state index in [0.717, 1.165) is 45.7 Å². The molecule has 0 amide bonds. The summed E-state index contributed by atoms with van der Waals surface area (Å²) in [6, 6.07) is 0. The SMILES string of the molecule is CCCOCCCNCc1cncn1CC. The minimum atomic E-state index is 0.855. The van der Waals surface area contributed by atoms with Crippen LogP contribution in [-0.2, 0) is 17.8 Å². The summed E-state index contributed by atoms with van der Waals surface area (Å²) in [6.07, 6.45) is 5.97. The molecule has 1 aromatic rings. The van der Waals surface area contributed by atoms with Crippen molar-refractivity contribution in [2.45, 2.75) is 39.8 Å². The predicted octanol–water partition coefficient (Wildman–Crippen LogP) is 1.81. The highest BCUT2D eigenvalue weighted by molar-refractivity contribution is 4.97. The fourth-order valence-corrected chi connectivity index (χ4v) is 1.54. The Morgan fingerprint density at radius 3 is 3.00 bits per heavy atom. The van der Waals surface area contributed by atoms with Gasteiger partial charge in [0, 0.05) is 32.5 Å². The molecule has 0 saturated carbocycles. The molecular formula is C12H23N3O. The lowest BCUT2D eigenvalue weighted by atomic mass is 10.4. The monoisotopic (exact) mass is 225 g/mol. The molecular weight excluding hydrogens is 202 g/mol. The van der Waals surface area contributed by atoms with Gasteiger partial charge < -0.3 is 14.6 Å². The number of nitrogens with one attached hydrogen (secondary N) is 1. The maximum absolute atomic E-state index is 5.41. The molecule has 1 aromatic heterocycles. The van der Waals surface area contributed by atoms with Crippen molar-refractivity contribution in [2.24, 2.45) is 0 Å². The Morgan fingerprint density at radius 2 is 2.25 bits per heavy atom. The Kier molecular flexibility index (Phi) is 6.85. The summed E-state index contributed by atoms with van der Waals surface area (Å²) in [6.45, 7) is 8.86. The van der Waals surface area contributed by atoms with Crippen LogP contribution in [0.15, 0.2) is 12.5 Å². The van der Waals surface area contributed by atoms with Crippen molar-refractivity contribution in [2.75, 3.05) is 19.8 Å². The van der Waals surface area contributed by atoms with Crippen molar-refractivity contribution >= 4 is 0 Å². The fraction of sp³-hybridized carbons (Fsp3) is 0.750. The molecule has 16 heavy (non-hydrogen) atoms. The predicted molar refractivity (Wildman–Crippen MR) is 65.3 cm³/mol. The molecule has 0 aromatic carbocycles. The molecule has 1 rings (SSSR count). The molecule has 0 radical (unpaired) electrons. The molecule has 4 nitrogen and oxygen atoms in total. The first-order chi connectivity index (χ1) is 7.88. The van der Waals surface area contributed by atoms with Crippen molar-refractivity contribution in [1.29, 1.82) is 0 Å². The maximum atomic E-state index is 5.41. The molecule has 0 saturated heterocycles. The summed E-state index contributed by atoms with van der Waals surface area (Å²) >= 11 is 0. The number of hydrogen-bond acceptors (Lipinski definition) is 3. The van der Waals surface area contributed by atoms with Crippen LogP contribution in [0.3, 0.4) is 0 Å². The lowest BCUT2D eigenvalue weighted by Crippen LogP contribution is -2.18. The summed E-state index contributed by atoms with van der Waals surface area (Å²) in [7, 11) is 0. The zero-order valence-electron chi connectivity index (χ0n) is 10.4. The Labute approximate surface area is 98.0 Å². The average molecular weight is 225 g/mol. The van der Waals surface area contributed by atoms with Gasteiger partial charge >= 0.3 is 0 Å². The molecule has 4 heteroatoms. The quantitative estimate of drug-likeness (QED) is 0.651. The number of hydrogen-bond donors (Lipinski definition) is 1. The van der Waals surface area contributed by atoms with Gasteiger partial charge in [-0.3, -0.25) is 0 Å². The van der Waals surface area contributed by atoms with E-state index in [0.29, 0.717) is 0 Å². The van der Waals surface area contributed by atoms with Gasteiger partial charge in [-0.15, -0.1) is 0 Å². The van der Waals surface area contributed by atoms with Crippen LogP contribution >= 0.6 is 0 Å². The smallest absolute Gasteiger partial charge is 0.0948 e. The van der Waals surface area contributed by atoms with E-state index in [4.69, 9.17) is 4.74 Å². The Balaban J connectivity index is 2.03. The second kappa shape index (κ2) is 8.30. The van der Waals surface area contributed by atoms with Crippen molar-refractivity contribution < 1.29 is 4.74 Å². The minimum absolute atomic E-state index is 0.855. The molecule has 0 atom stereocenters. The van der Waals surface area contributed by atoms with Crippen LogP contribution < -0.4 is 5.32 Å². The van der Waals surface area contributed by atoms with Gasteiger partial charge in [0.2, 0.25) is 0 Å². The van der Waals surface area contributed by atoms with Gasteiger partial charge in [0.1, 0.15) is 0 Å². The Hall–Kier alpha value is -0.870. The lowest BCUT2D eigenvalue weighted by Gasteiger charge is -2.07. The number of ether oxygens (including phenoxy) is 1. The van der Waals surface area contributed by atoms with E-state index in [9.17, 15) is 0 Å². The van der Waals surface area contributed by atoms with Gasteiger partial charge in [0.05, 0.1) is 12.0 Å². The van der Waals surface area contributed by atoms with Crippen molar-refractivity contribution in [3.05, 3.63) is 18.2 Å². The molecule has 0 aliphatic heterocycles. The first kappa shape index (κ1) is 13.2. The largest absolute Gasteiger partial charge is 0.381 e. The molecule has 0 fully saturated rings. The second-order valence-corrected chi connectivity index (χ2v) is 3.81. The van der Waals surface area contributed by atoms with Crippen molar-refractivity contribution in [1.82, 2.24) is 14.9 Å². The third-order valence-corrected chi connectivity index (χ3v) is 2.44. The van der Waals surface area contributed by atoms with Crippen LogP contribution in [0.2, 0.25) is 0 Å². The van der Waals surface area contributed by atoms with Gasteiger partial charge in [0.15, 0.2) is 0 Å². The molecule has 1 heterocycles. The standard InChI is InChI=1S/C12H23N3O/c1-3-7-16-8-5-6-13-9-12-10-14-11-15(12)4-2/h10-11,13H,3-9H2,1-2H3. The number of aromatic nitrogens is 2. The third-order valence-electron chi connectivity index (χ3n) is 2.44. The normalized spacial score (nSPS) is 10.9. The first-order valence-corrected chi connectivity index (χ1v) is 6.16. The zero-order valence-corrected chi connectivity index (χ0v) is 10.4. The average Bonchev–Trinajstić information content (AvgIpc) is 2.75. The van der Waals surface area contributed by atoms with Gasteiger partial charge in [-0.05, 0) is 26.3 Å². The van der Waals surface area contributed by atoms with Gasteiger partial charge in [-0.2, -0.15) is 0 Å². The van der Waals surface area contributed by atoms with Crippen LogP contribution in [0.25, 0.3) is 0 Å². The highest BCUT2D eigenvalue weighted by Gasteiger charge is 1.98. The summed E-state index contributed by atoms with van der Waals surface area (Å²) in [4.78, 5) is 4.13. The molecule has 0 unspecified atom stereocenters. The number of nitrogens with zero attached hydrogens (tertiary/aromatic N) is 2. The van der Waals surface area contributed by atoms with Crippen molar-refractivity contribution in [3.63, 3.8) is 0 Å². The third kappa shape index (κ3) is 4.77. The highest BCUT2D eigenvalue weighted by atomic mass is 16.5. The van der Waals surface area contributed by atoms with Gasteiger partial charge in [-0.25, -0.2) is 4.98 Å². The topological polar surface area (TPSA) is 39.1 Å². The second-order valence-electron chi connectivity index (χ2n) is 3.81. The van der Waals surface area contributed by atoms with Crippen LogP contribution in [0, 0.1) is 0 Å². The Bertz CT molecular complexity index is 273. The first-order valence-electron chi connectivity index (χ1n) is 6.16. The molecule has 0 aliphatic rings. The van der Waals surface area contributed by atoms with E-state index in [1.54, 1.807) is 0 Å². The zero-order chi connectivity index (χ0) is 11.6. The van der Waals surface area contributed by atoms with E-state index in [1.165, 1.54) is 5.69 Å². The van der Waals surface area contributed by atoms with Crippen molar-refractivity contribution in [3.8, 4) is 0 Å². The van der Waals surface area contributed by atoms with Crippen LogP contribution in [0.5, 0.6) is 0 Å². The number of rotatable bonds is 9. The number of aryl methyl sites for hydroxylation is 1. The summed E-state index contributed by atoms with van der Waals surface area (Å²) in [5, 5.41) is 3.40. The van der Waals surface area contributed by atoms with Crippen LogP contribution in [0.1, 0.15) is 32.4 Å². The minimum Gasteiger partial charge on any atom is -0.381 e. The summed E-state index contributed by atoms with van der Waals surface area (Å²) in [5.74, 6) is 0. The molecule has 1 N–H and O–H groups in total. The lowest BCUT2D eigenvalue weighted by molar-refractivity contribution is 0.132. The van der Waals surface area contributed by atoms with Crippen LogP contribution in [0.4, 0.5) is 0 Å². The van der Waals surface area contributed by atoms with Crippen LogP contribution in [-0.4, -0.2) is 29.3 Å². The van der Waals surface area contributed by atoms with E-state index >= 15 is 0 Å². The van der Waals surface area contributed by atoms with E-state index in [1.807, 2.05) is 12.5 Å². The van der Waals surface area contributed by atoms with Gasteiger partial charge in [0.25, 0.3) is 0 Å². The van der Waals surface area contributed by atoms with E-state index in [2.05, 4.69) is 28.7 Å². The fourth-order valence-electron chi connectivity index (χ4n) is 1.54. The van der Waals surface area contributed by atoms with E-state index in [-0.39, 0.29) is 0 Å². The molecule has 92 valence electrons. The highest BCUT2D eigenvalue weighted by Crippen LogP contribution is 1.98. The summed E-state index contributed by atoms with van der Waals surface area (Å²) in [5.41, 5.74) is 1.25. The molecule has 0 spiro atoms. The number of imidazole rings is 1. The molecule has 0 bridgehead atoms. The van der Waals surface area contributed by atoms with Gasteiger partial charge in [-0.1, -0.05) is 6.92 Å². The summed E-state index contributed by atoms with van der Waals surface area (Å²) < 4.78 is 7.56. The molecule has 0 aliphatic carbocycles. The Morgan fingerprint density at radius 1 is 1.38 bits per heavy atom. The van der Waals surface area contributed by atoms with E-state index < -0.39 is 0 Å². The maximum Gasteiger partial charge on any atom is 0.0948 e.